The molecule has 0 heterocycles. The fourth-order valence-corrected chi connectivity index (χ4v) is 3.29. The first-order valence-corrected chi connectivity index (χ1v) is 6.31. The third kappa shape index (κ3) is 3.88. The lowest BCUT2D eigenvalue weighted by Gasteiger charge is -2.26. The van der Waals surface area contributed by atoms with Gasteiger partial charge >= 0.3 is 0 Å². The summed E-state index contributed by atoms with van der Waals surface area (Å²) in [6, 6.07) is -0.475. The summed E-state index contributed by atoms with van der Waals surface area (Å²) >= 11 is 1.81. The Morgan fingerprint density at radius 2 is 2.29 bits per heavy atom. The molecule has 0 bridgehead atoms. The number of rotatable bonds is 4. The molecule has 1 amide bonds. The van der Waals surface area contributed by atoms with Gasteiger partial charge in [0.1, 0.15) is 0 Å². The standard InChI is InChI=1S/C10H20N2OS/c1-7-3-2-4-8(5-7)14-6-9(11)10(12)13/h7-9H,2-6,11H2,1H3,(H2,12,13). The Kier molecular flexibility index (Phi) is 4.75. The topological polar surface area (TPSA) is 69.1 Å². The van der Waals surface area contributed by atoms with Gasteiger partial charge in [-0.2, -0.15) is 11.8 Å². The van der Waals surface area contributed by atoms with Crippen molar-refractivity contribution in [2.24, 2.45) is 17.4 Å². The number of hydrogen-bond donors (Lipinski definition) is 2. The van der Waals surface area contributed by atoms with Crippen LogP contribution in [0.3, 0.4) is 0 Å². The molecule has 3 nitrogen and oxygen atoms in total. The monoisotopic (exact) mass is 216 g/mol. The predicted molar refractivity (Wildman–Crippen MR) is 61.0 cm³/mol. The number of nitrogens with two attached hydrogens (primary N) is 2. The molecule has 0 saturated heterocycles. The summed E-state index contributed by atoms with van der Waals surface area (Å²) in [5.41, 5.74) is 10.7. The minimum absolute atomic E-state index is 0.388. The molecule has 1 aliphatic carbocycles. The number of thioether (sulfide) groups is 1. The van der Waals surface area contributed by atoms with Crippen molar-refractivity contribution in [3.8, 4) is 0 Å². The summed E-state index contributed by atoms with van der Waals surface area (Å²) in [5.74, 6) is 1.11. The van der Waals surface area contributed by atoms with E-state index in [0.29, 0.717) is 11.0 Å². The van der Waals surface area contributed by atoms with Crippen molar-refractivity contribution in [2.45, 2.75) is 43.9 Å². The van der Waals surface area contributed by atoms with Gasteiger partial charge in [0, 0.05) is 11.0 Å². The number of primary amides is 1. The van der Waals surface area contributed by atoms with Gasteiger partial charge in [0.25, 0.3) is 0 Å². The molecule has 1 fully saturated rings. The second kappa shape index (κ2) is 5.61. The molecule has 14 heavy (non-hydrogen) atoms. The van der Waals surface area contributed by atoms with E-state index in [0.717, 1.165) is 5.92 Å². The summed E-state index contributed by atoms with van der Waals surface area (Å²) in [7, 11) is 0. The molecular formula is C10H20N2OS. The number of carbonyl (C=O) groups excluding carboxylic acids is 1. The van der Waals surface area contributed by atoms with Crippen molar-refractivity contribution in [1.82, 2.24) is 0 Å². The quantitative estimate of drug-likeness (QED) is 0.739. The van der Waals surface area contributed by atoms with Crippen molar-refractivity contribution < 1.29 is 4.79 Å². The van der Waals surface area contributed by atoms with E-state index < -0.39 is 6.04 Å². The van der Waals surface area contributed by atoms with Crippen molar-refractivity contribution in [3.63, 3.8) is 0 Å². The van der Waals surface area contributed by atoms with Crippen LogP contribution in [-0.4, -0.2) is 23.0 Å². The van der Waals surface area contributed by atoms with Crippen LogP contribution in [0.15, 0.2) is 0 Å². The van der Waals surface area contributed by atoms with E-state index in [4.69, 9.17) is 11.5 Å². The molecule has 1 rings (SSSR count). The first-order valence-electron chi connectivity index (χ1n) is 5.26. The maximum Gasteiger partial charge on any atom is 0.235 e. The Bertz CT molecular complexity index is 199. The molecule has 1 saturated carbocycles. The lowest BCUT2D eigenvalue weighted by molar-refractivity contribution is -0.118. The molecule has 0 radical (unpaired) electrons. The van der Waals surface area contributed by atoms with E-state index in [1.165, 1.54) is 25.7 Å². The smallest absolute Gasteiger partial charge is 0.235 e. The Morgan fingerprint density at radius 1 is 1.57 bits per heavy atom. The van der Waals surface area contributed by atoms with Crippen molar-refractivity contribution in [3.05, 3.63) is 0 Å². The van der Waals surface area contributed by atoms with E-state index in [1.54, 1.807) is 0 Å². The highest BCUT2D eigenvalue weighted by atomic mass is 32.2. The van der Waals surface area contributed by atoms with Crippen molar-refractivity contribution >= 4 is 17.7 Å². The summed E-state index contributed by atoms with van der Waals surface area (Å²) in [6.07, 6.45) is 5.18. The molecule has 3 atom stereocenters. The van der Waals surface area contributed by atoms with Crippen LogP contribution in [0.2, 0.25) is 0 Å². The van der Waals surface area contributed by atoms with Gasteiger partial charge in [-0.3, -0.25) is 4.79 Å². The summed E-state index contributed by atoms with van der Waals surface area (Å²) < 4.78 is 0. The van der Waals surface area contributed by atoms with Gasteiger partial charge in [0.05, 0.1) is 6.04 Å². The van der Waals surface area contributed by atoms with Crippen LogP contribution in [0.4, 0.5) is 0 Å². The SMILES string of the molecule is CC1CCCC(SCC(N)C(N)=O)C1. The maximum absolute atomic E-state index is 10.7. The third-order valence-electron chi connectivity index (χ3n) is 2.77. The number of carbonyl (C=O) groups is 1. The average molecular weight is 216 g/mol. The highest BCUT2D eigenvalue weighted by molar-refractivity contribution is 7.99. The predicted octanol–water partition coefficient (Wildman–Crippen LogP) is 1.11. The second-order valence-electron chi connectivity index (χ2n) is 4.24. The zero-order valence-electron chi connectivity index (χ0n) is 8.74. The minimum Gasteiger partial charge on any atom is -0.368 e. The Balaban J connectivity index is 2.20. The lowest BCUT2D eigenvalue weighted by Crippen LogP contribution is -2.39. The third-order valence-corrected chi connectivity index (χ3v) is 4.22. The first kappa shape index (κ1) is 11.9. The Labute approximate surface area is 90.0 Å². The van der Waals surface area contributed by atoms with Crippen LogP contribution >= 0.6 is 11.8 Å². The Hall–Kier alpha value is -0.220. The van der Waals surface area contributed by atoms with E-state index >= 15 is 0 Å². The van der Waals surface area contributed by atoms with Gasteiger partial charge in [0.15, 0.2) is 0 Å². The molecule has 0 aromatic rings. The normalized spacial score (nSPS) is 29.9. The molecule has 0 aliphatic heterocycles. The summed E-state index contributed by atoms with van der Waals surface area (Å²) in [5, 5.41) is 0.684. The fourth-order valence-electron chi connectivity index (χ4n) is 1.85. The largest absolute Gasteiger partial charge is 0.368 e. The number of hydrogen-bond acceptors (Lipinski definition) is 3. The van der Waals surface area contributed by atoms with E-state index in [2.05, 4.69) is 6.92 Å². The molecule has 82 valence electrons. The van der Waals surface area contributed by atoms with Gasteiger partial charge in [-0.05, 0) is 18.8 Å². The minimum atomic E-state index is -0.475. The summed E-state index contributed by atoms with van der Waals surface area (Å²) in [4.78, 5) is 10.7. The second-order valence-corrected chi connectivity index (χ2v) is 5.57. The first-order chi connectivity index (χ1) is 6.59. The molecule has 0 aromatic heterocycles. The lowest BCUT2D eigenvalue weighted by atomic mass is 9.91. The zero-order chi connectivity index (χ0) is 10.6. The average Bonchev–Trinajstić information content (AvgIpc) is 2.14. The highest BCUT2D eigenvalue weighted by Crippen LogP contribution is 2.31. The van der Waals surface area contributed by atoms with Crippen LogP contribution < -0.4 is 11.5 Å². The Morgan fingerprint density at radius 3 is 2.86 bits per heavy atom. The van der Waals surface area contributed by atoms with Crippen LogP contribution in [0.25, 0.3) is 0 Å². The molecule has 0 aromatic carbocycles. The molecular weight excluding hydrogens is 196 g/mol. The van der Waals surface area contributed by atoms with E-state index in [-0.39, 0.29) is 5.91 Å². The van der Waals surface area contributed by atoms with Gasteiger partial charge in [-0.1, -0.05) is 19.8 Å². The highest BCUT2D eigenvalue weighted by Gasteiger charge is 2.20. The zero-order valence-corrected chi connectivity index (χ0v) is 9.56. The van der Waals surface area contributed by atoms with Crippen molar-refractivity contribution in [1.29, 1.82) is 0 Å². The molecule has 3 unspecified atom stereocenters. The van der Waals surface area contributed by atoms with E-state index in [9.17, 15) is 4.79 Å². The van der Waals surface area contributed by atoms with Crippen molar-refractivity contribution in [2.75, 3.05) is 5.75 Å². The summed E-state index contributed by atoms with van der Waals surface area (Å²) in [6.45, 7) is 2.29. The molecule has 0 spiro atoms. The molecule has 4 heteroatoms. The van der Waals surface area contributed by atoms with E-state index in [1.807, 2.05) is 11.8 Å². The molecule has 1 aliphatic rings. The number of amides is 1. The van der Waals surface area contributed by atoms with Gasteiger partial charge in [-0.15, -0.1) is 0 Å². The van der Waals surface area contributed by atoms with Crippen LogP contribution in [0.1, 0.15) is 32.6 Å². The van der Waals surface area contributed by atoms with Crippen LogP contribution in [0, 0.1) is 5.92 Å². The molecule has 4 N–H and O–H groups in total. The maximum atomic E-state index is 10.7. The van der Waals surface area contributed by atoms with Gasteiger partial charge in [0.2, 0.25) is 5.91 Å². The van der Waals surface area contributed by atoms with Crippen LogP contribution in [0.5, 0.6) is 0 Å². The van der Waals surface area contributed by atoms with Gasteiger partial charge in [-0.25, -0.2) is 0 Å². The van der Waals surface area contributed by atoms with Crippen LogP contribution in [-0.2, 0) is 4.79 Å². The van der Waals surface area contributed by atoms with Gasteiger partial charge < -0.3 is 11.5 Å². The fraction of sp³-hybridized carbons (Fsp3) is 0.900.